The number of likely N-dealkylation sites (tertiary alicyclic amines) is 1. The molecule has 4 heteroatoms. The van der Waals surface area contributed by atoms with Gasteiger partial charge in [0.2, 0.25) is 0 Å². The Balaban J connectivity index is 2.07. The molecule has 1 saturated carbocycles. The molecular formula is C8H12NO3-. The molecule has 1 aliphatic carbocycles. The quantitative estimate of drug-likeness (QED) is 0.516. The molecule has 68 valence electrons. The van der Waals surface area contributed by atoms with Gasteiger partial charge in [-0.1, -0.05) is 0 Å². The van der Waals surface area contributed by atoms with Crippen LogP contribution in [0.5, 0.6) is 0 Å². The third-order valence-corrected chi connectivity index (χ3v) is 2.99. The first-order chi connectivity index (χ1) is 5.70. The largest absolute Gasteiger partial charge is 0.530 e. The Morgan fingerprint density at radius 2 is 2.33 bits per heavy atom. The Labute approximate surface area is 70.8 Å². The van der Waals surface area contributed by atoms with E-state index in [1.807, 2.05) is 0 Å². The van der Waals surface area contributed by atoms with Crippen LogP contribution in [0.2, 0.25) is 0 Å². The number of rotatable bonds is 0. The van der Waals surface area contributed by atoms with E-state index in [-0.39, 0.29) is 6.04 Å². The minimum Gasteiger partial charge on any atom is -0.530 e. The molecule has 2 fully saturated rings. The molecule has 3 atom stereocenters. The average Bonchev–Trinajstić information content (AvgIpc) is 2.01. The molecule has 0 spiro atoms. The Hall–Kier alpha value is -0.770. The second-order valence-electron chi connectivity index (χ2n) is 3.66. The minimum atomic E-state index is -1.14. The van der Waals surface area contributed by atoms with E-state index in [1.54, 1.807) is 0 Å². The predicted octanol–water partition coefficient (Wildman–Crippen LogP) is -0.825. The lowest BCUT2D eigenvalue weighted by molar-refractivity contribution is -0.276. The number of fused-ring (bicyclic) bond motifs is 1. The van der Waals surface area contributed by atoms with Gasteiger partial charge in [0.1, 0.15) is 6.09 Å². The van der Waals surface area contributed by atoms with Crippen molar-refractivity contribution in [3.63, 3.8) is 0 Å². The Kier molecular flexibility index (Phi) is 1.72. The zero-order valence-electron chi connectivity index (χ0n) is 6.77. The van der Waals surface area contributed by atoms with Gasteiger partial charge in [0.05, 0.1) is 12.1 Å². The maximum absolute atomic E-state index is 10.6. The maximum Gasteiger partial charge on any atom is 0.137 e. The molecule has 12 heavy (non-hydrogen) atoms. The summed E-state index contributed by atoms with van der Waals surface area (Å²) >= 11 is 0. The average molecular weight is 170 g/mol. The Morgan fingerprint density at radius 1 is 1.58 bits per heavy atom. The highest BCUT2D eigenvalue weighted by atomic mass is 16.4. The van der Waals surface area contributed by atoms with Crippen molar-refractivity contribution in [1.82, 2.24) is 4.90 Å². The molecule has 0 aromatic carbocycles. The van der Waals surface area contributed by atoms with Crippen LogP contribution in [0.4, 0.5) is 4.79 Å². The SMILES string of the molecule is O=C([O-])N1CCCC2CC(O)C21. The standard InChI is InChI=1S/C8H13NO3/c10-6-4-5-2-1-3-9(7(5)6)8(11)12/h5-7,10H,1-4H2,(H,11,12)/p-1. The van der Waals surface area contributed by atoms with Crippen LogP contribution in [-0.4, -0.2) is 34.8 Å². The summed E-state index contributed by atoms with van der Waals surface area (Å²) in [5, 5.41) is 19.9. The van der Waals surface area contributed by atoms with Crippen molar-refractivity contribution in [2.75, 3.05) is 6.54 Å². The molecule has 1 saturated heterocycles. The second-order valence-corrected chi connectivity index (χ2v) is 3.66. The second kappa shape index (κ2) is 2.62. The van der Waals surface area contributed by atoms with Gasteiger partial charge in [0.15, 0.2) is 0 Å². The van der Waals surface area contributed by atoms with Gasteiger partial charge < -0.3 is 19.9 Å². The Bertz CT molecular complexity index is 204. The van der Waals surface area contributed by atoms with Gasteiger partial charge in [-0.05, 0) is 25.2 Å². The van der Waals surface area contributed by atoms with Crippen LogP contribution in [-0.2, 0) is 0 Å². The zero-order valence-corrected chi connectivity index (χ0v) is 6.77. The van der Waals surface area contributed by atoms with Crippen molar-refractivity contribution in [3.05, 3.63) is 0 Å². The summed E-state index contributed by atoms with van der Waals surface area (Å²) in [5.41, 5.74) is 0. The highest BCUT2D eigenvalue weighted by Crippen LogP contribution is 2.39. The summed E-state index contributed by atoms with van der Waals surface area (Å²) in [6.07, 6.45) is 1.12. The van der Waals surface area contributed by atoms with Crippen LogP contribution in [0.3, 0.4) is 0 Å². The van der Waals surface area contributed by atoms with E-state index in [9.17, 15) is 15.0 Å². The number of aliphatic hydroxyl groups is 1. The molecule has 0 aromatic heterocycles. The Morgan fingerprint density at radius 3 is 2.83 bits per heavy atom. The van der Waals surface area contributed by atoms with Gasteiger partial charge in [-0.25, -0.2) is 0 Å². The van der Waals surface area contributed by atoms with Gasteiger partial charge >= 0.3 is 0 Å². The number of aliphatic hydroxyl groups excluding tert-OH is 1. The first-order valence-corrected chi connectivity index (χ1v) is 4.36. The summed E-state index contributed by atoms with van der Waals surface area (Å²) in [4.78, 5) is 11.9. The maximum atomic E-state index is 10.6. The zero-order chi connectivity index (χ0) is 8.72. The minimum absolute atomic E-state index is 0.163. The summed E-state index contributed by atoms with van der Waals surface area (Å²) in [5.74, 6) is 0.381. The number of hydrogen-bond acceptors (Lipinski definition) is 3. The molecule has 2 rings (SSSR count). The van der Waals surface area contributed by atoms with E-state index in [4.69, 9.17) is 0 Å². The van der Waals surface area contributed by atoms with Gasteiger partial charge in [-0.3, -0.25) is 0 Å². The summed E-state index contributed by atoms with van der Waals surface area (Å²) < 4.78 is 0. The predicted molar refractivity (Wildman–Crippen MR) is 39.2 cm³/mol. The van der Waals surface area contributed by atoms with Gasteiger partial charge in [0, 0.05) is 6.54 Å². The van der Waals surface area contributed by atoms with E-state index in [0.29, 0.717) is 12.5 Å². The lowest BCUT2D eigenvalue weighted by Gasteiger charge is -2.52. The molecule has 1 N–H and O–H groups in total. The number of hydrogen-bond donors (Lipinski definition) is 1. The number of amides is 1. The van der Waals surface area contributed by atoms with Crippen molar-refractivity contribution in [1.29, 1.82) is 0 Å². The number of carbonyl (C=O) groups is 1. The topological polar surface area (TPSA) is 63.6 Å². The van der Waals surface area contributed by atoms with E-state index in [1.165, 1.54) is 4.90 Å². The number of piperidine rings is 1. The molecule has 0 radical (unpaired) electrons. The third-order valence-electron chi connectivity index (χ3n) is 2.99. The highest BCUT2D eigenvalue weighted by molar-refractivity contribution is 5.63. The fourth-order valence-electron chi connectivity index (χ4n) is 2.34. The fourth-order valence-corrected chi connectivity index (χ4v) is 2.34. The molecule has 0 bridgehead atoms. The van der Waals surface area contributed by atoms with Crippen molar-refractivity contribution in [2.24, 2.45) is 5.92 Å². The van der Waals surface area contributed by atoms with Crippen molar-refractivity contribution >= 4 is 6.09 Å². The van der Waals surface area contributed by atoms with E-state index in [0.717, 1.165) is 19.3 Å². The lowest BCUT2D eigenvalue weighted by Crippen LogP contribution is -2.63. The first-order valence-electron chi connectivity index (χ1n) is 4.36. The van der Waals surface area contributed by atoms with Crippen LogP contribution >= 0.6 is 0 Å². The van der Waals surface area contributed by atoms with Crippen molar-refractivity contribution in [2.45, 2.75) is 31.4 Å². The fraction of sp³-hybridized carbons (Fsp3) is 0.875. The molecule has 0 aromatic rings. The molecular weight excluding hydrogens is 158 g/mol. The molecule has 3 unspecified atom stereocenters. The van der Waals surface area contributed by atoms with Gasteiger partial charge in [-0.15, -0.1) is 0 Å². The summed E-state index contributed by atoms with van der Waals surface area (Å²) in [7, 11) is 0. The van der Waals surface area contributed by atoms with Crippen molar-refractivity contribution in [3.8, 4) is 0 Å². The number of nitrogens with zero attached hydrogens (tertiary/aromatic N) is 1. The first kappa shape index (κ1) is 7.86. The van der Waals surface area contributed by atoms with E-state index in [2.05, 4.69) is 0 Å². The highest BCUT2D eigenvalue weighted by Gasteiger charge is 2.45. The smallest absolute Gasteiger partial charge is 0.137 e. The molecule has 1 heterocycles. The molecule has 2 aliphatic rings. The van der Waals surface area contributed by atoms with Crippen LogP contribution in [0.15, 0.2) is 0 Å². The molecule has 1 amide bonds. The van der Waals surface area contributed by atoms with Gasteiger partial charge in [-0.2, -0.15) is 0 Å². The normalized spacial score (nSPS) is 40.1. The van der Waals surface area contributed by atoms with E-state index >= 15 is 0 Å². The summed E-state index contributed by atoms with van der Waals surface area (Å²) in [6, 6.07) is -0.163. The summed E-state index contributed by atoms with van der Waals surface area (Å²) in [6.45, 7) is 0.528. The van der Waals surface area contributed by atoms with Crippen LogP contribution in [0.25, 0.3) is 0 Å². The third kappa shape index (κ3) is 0.982. The van der Waals surface area contributed by atoms with Crippen LogP contribution in [0.1, 0.15) is 19.3 Å². The van der Waals surface area contributed by atoms with Gasteiger partial charge in [0.25, 0.3) is 0 Å². The van der Waals surface area contributed by atoms with Crippen LogP contribution in [0, 0.1) is 5.92 Å². The van der Waals surface area contributed by atoms with Crippen LogP contribution < -0.4 is 5.11 Å². The lowest BCUT2D eigenvalue weighted by atomic mass is 9.71. The monoisotopic (exact) mass is 170 g/mol. The number of carboxylic acid groups (broad SMARTS) is 1. The molecule has 4 nitrogen and oxygen atoms in total. The number of carbonyl (C=O) groups excluding carboxylic acids is 1. The molecule has 1 aliphatic heterocycles. The van der Waals surface area contributed by atoms with Crippen molar-refractivity contribution < 1.29 is 15.0 Å². The van der Waals surface area contributed by atoms with E-state index < -0.39 is 12.2 Å².